The van der Waals surface area contributed by atoms with Crippen molar-refractivity contribution in [2.24, 2.45) is 5.92 Å². The van der Waals surface area contributed by atoms with Gasteiger partial charge in [0, 0.05) is 10.2 Å². The SMILES string of the molecule is CCCC1CCC(Nc2cccc(Br)c2)(C(=O)OC)CC1. The van der Waals surface area contributed by atoms with E-state index in [1.54, 1.807) is 0 Å². The second-order valence-corrected chi connectivity index (χ2v) is 6.86. The first-order valence-corrected chi connectivity index (χ1v) is 8.51. The fraction of sp³-hybridized carbons (Fsp3) is 0.588. The summed E-state index contributed by atoms with van der Waals surface area (Å²) < 4.78 is 6.08. The van der Waals surface area contributed by atoms with Gasteiger partial charge in [0.25, 0.3) is 0 Å². The van der Waals surface area contributed by atoms with Crippen molar-refractivity contribution in [3.63, 3.8) is 0 Å². The third kappa shape index (κ3) is 4.00. The van der Waals surface area contributed by atoms with Gasteiger partial charge in [-0.25, -0.2) is 4.79 Å². The summed E-state index contributed by atoms with van der Waals surface area (Å²) in [5.74, 6) is 0.606. The molecule has 4 heteroatoms. The molecule has 1 N–H and O–H groups in total. The molecule has 0 spiro atoms. The number of rotatable bonds is 5. The van der Waals surface area contributed by atoms with Crippen LogP contribution >= 0.6 is 15.9 Å². The van der Waals surface area contributed by atoms with Crippen molar-refractivity contribution in [1.82, 2.24) is 0 Å². The minimum absolute atomic E-state index is 0.141. The Labute approximate surface area is 135 Å². The van der Waals surface area contributed by atoms with E-state index in [-0.39, 0.29) is 5.97 Å². The van der Waals surface area contributed by atoms with Gasteiger partial charge >= 0.3 is 5.97 Å². The summed E-state index contributed by atoms with van der Waals surface area (Å²) in [5.41, 5.74) is 0.392. The molecular weight excluding hydrogens is 330 g/mol. The zero-order chi connectivity index (χ0) is 15.3. The van der Waals surface area contributed by atoms with Crippen LogP contribution in [0.25, 0.3) is 0 Å². The Bertz CT molecular complexity index is 481. The van der Waals surface area contributed by atoms with E-state index in [1.807, 2.05) is 24.3 Å². The van der Waals surface area contributed by atoms with E-state index >= 15 is 0 Å². The van der Waals surface area contributed by atoms with Crippen molar-refractivity contribution in [3.05, 3.63) is 28.7 Å². The Morgan fingerprint density at radius 3 is 2.71 bits per heavy atom. The van der Waals surface area contributed by atoms with Gasteiger partial charge in [-0.2, -0.15) is 0 Å². The van der Waals surface area contributed by atoms with Crippen molar-refractivity contribution < 1.29 is 9.53 Å². The first-order chi connectivity index (χ1) is 10.1. The molecule has 1 aliphatic rings. The minimum atomic E-state index is -0.570. The fourth-order valence-corrected chi connectivity index (χ4v) is 3.68. The molecule has 1 aromatic carbocycles. The van der Waals surface area contributed by atoms with Crippen LogP contribution in [0.4, 0.5) is 5.69 Å². The lowest BCUT2D eigenvalue weighted by Gasteiger charge is -2.39. The normalized spacial score (nSPS) is 25.4. The molecule has 3 nitrogen and oxygen atoms in total. The maximum absolute atomic E-state index is 12.3. The molecule has 0 saturated heterocycles. The Kier molecular flexibility index (Phi) is 5.68. The highest BCUT2D eigenvalue weighted by molar-refractivity contribution is 9.10. The topological polar surface area (TPSA) is 38.3 Å². The number of hydrogen-bond donors (Lipinski definition) is 1. The second kappa shape index (κ2) is 7.30. The summed E-state index contributed by atoms with van der Waals surface area (Å²) in [6.45, 7) is 2.22. The molecule has 0 heterocycles. The molecule has 0 aromatic heterocycles. The van der Waals surface area contributed by atoms with Crippen LogP contribution < -0.4 is 5.32 Å². The number of ether oxygens (including phenoxy) is 1. The molecule has 1 saturated carbocycles. The van der Waals surface area contributed by atoms with Gasteiger partial charge in [0.2, 0.25) is 0 Å². The van der Waals surface area contributed by atoms with Crippen LogP contribution in [0, 0.1) is 5.92 Å². The lowest BCUT2D eigenvalue weighted by Crippen LogP contribution is -2.49. The monoisotopic (exact) mass is 353 g/mol. The maximum atomic E-state index is 12.3. The molecule has 0 amide bonds. The molecule has 1 aliphatic carbocycles. The molecule has 2 rings (SSSR count). The van der Waals surface area contributed by atoms with Crippen LogP contribution in [-0.4, -0.2) is 18.6 Å². The van der Waals surface area contributed by atoms with Crippen LogP contribution in [0.2, 0.25) is 0 Å². The van der Waals surface area contributed by atoms with E-state index in [9.17, 15) is 4.79 Å². The molecule has 1 aromatic rings. The van der Waals surface area contributed by atoms with Crippen LogP contribution in [0.5, 0.6) is 0 Å². The quantitative estimate of drug-likeness (QED) is 0.775. The number of carbonyl (C=O) groups excluding carboxylic acids is 1. The third-order valence-corrected chi connectivity index (χ3v) is 4.93. The number of anilines is 1. The number of benzene rings is 1. The lowest BCUT2D eigenvalue weighted by molar-refractivity contribution is -0.147. The summed E-state index contributed by atoms with van der Waals surface area (Å²) in [5, 5.41) is 3.44. The zero-order valence-corrected chi connectivity index (χ0v) is 14.4. The first kappa shape index (κ1) is 16.3. The Morgan fingerprint density at radius 2 is 2.14 bits per heavy atom. The summed E-state index contributed by atoms with van der Waals surface area (Å²) in [4.78, 5) is 12.3. The van der Waals surface area contributed by atoms with Gasteiger partial charge in [-0.1, -0.05) is 41.8 Å². The van der Waals surface area contributed by atoms with Crippen molar-refractivity contribution in [2.75, 3.05) is 12.4 Å². The zero-order valence-electron chi connectivity index (χ0n) is 12.8. The van der Waals surface area contributed by atoms with Crippen molar-refractivity contribution in [2.45, 2.75) is 51.0 Å². The van der Waals surface area contributed by atoms with E-state index in [2.05, 4.69) is 28.2 Å². The molecule has 1 fully saturated rings. The van der Waals surface area contributed by atoms with Gasteiger partial charge in [-0.15, -0.1) is 0 Å². The van der Waals surface area contributed by atoms with Crippen LogP contribution in [0.3, 0.4) is 0 Å². The van der Waals surface area contributed by atoms with Gasteiger partial charge in [0.05, 0.1) is 7.11 Å². The fourth-order valence-electron chi connectivity index (χ4n) is 3.29. The van der Waals surface area contributed by atoms with E-state index in [0.717, 1.165) is 41.8 Å². The highest BCUT2D eigenvalue weighted by atomic mass is 79.9. The molecule has 0 aliphatic heterocycles. The Morgan fingerprint density at radius 1 is 1.43 bits per heavy atom. The highest BCUT2D eigenvalue weighted by Gasteiger charge is 2.42. The van der Waals surface area contributed by atoms with Crippen LogP contribution in [0.1, 0.15) is 45.4 Å². The Hall–Kier alpha value is -1.03. The lowest BCUT2D eigenvalue weighted by atomic mass is 9.75. The molecule has 116 valence electrons. The number of hydrogen-bond acceptors (Lipinski definition) is 3. The van der Waals surface area contributed by atoms with Gasteiger partial charge in [-0.05, 0) is 49.8 Å². The number of methoxy groups -OCH3 is 1. The molecule has 0 bridgehead atoms. The smallest absolute Gasteiger partial charge is 0.331 e. The summed E-state index contributed by atoms with van der Waals surface area (Å²) in [6, 6.07) is 7.95. The molecule has 21 heavy (non-hydrogen) atoms. The van der Waals surface area contributed by atoms with E-state index in [0.29, 0.717) is 0 Å². The minimum Gasteiger partial charge on any atom is -0.467 e. The molecule has 0 atom stereocenters. The van der Waals surface area contributed by atoms with Gasteiger partial charge in [0.15, 0.2) is 0 Å². The molecule has 0 unspecified atom stereocenters. The average molecular weight is 354 g/mol. The number of carbonyl (C=O) groups is 1. The van der Waals surface area contributed by atoms with Gasteiger partial charge in [-0.3, -0.25) is 0 Å². The van der Waals surface area contributed by atoms with E-state index in [4.69, 9.17) is 4.74 Å². The number of esters is 1. The van der Waals surface area contributed by atoms with E-state index in [1.165, 1.54) is 20.0 Å². The van der Waals surface area contributed by atoms with Gasteiger partial charge < -0.3 is 10.1 Å². The average Bonchev–Trinajstić information content (AvgIpc) is 2.49. The van der Waals surface area contributed by atoms with E-state index < -0.39 is 5.54 Å². The largest absolute Gasteiger partial charge is 0.467 e. The van der Waals surface area contributed by atoms with Crippen molar-refractivity contribution >= 4 is 27.6 Å². The van der Waals surface area contributed by atoms with Crippen LogP contribution in [-0.2, 0) is 9.53 Å². The third-order valence-electron chi connectivity index (χ3n) is 4.44. The summed E-state index contributed by atoms with van der Waals surface area (Å²) in [6.07, 6.45) is 6.34. The number of halogens is 1. The van der Waals surface area contributed by atoms with Gasteiger partial charge in [0.1, 0.15) is 5.54 Å². The summed E-state index contributed by atoms with van der Waals surface area (Å²) in [7, 11) is 1.48. The predicted octanol–water partition coefficient (Wildman–Crippen LogP) is 4.76. The second-order valence-electron chi connectivity index (χ2n) is 5.94. The maximum Gasteiger partial charge on any atom is 0.331 e. The van der Waals surface area contributed by atoms with Crippen molar-refractivity contribution in [3.8, 4) is 0 Å². The highest BCUT2D eigenvalue weighted by Crippen LogP contribution is 2.37. The Balaban J connectivity index is 2.14. The first-order valence-electron chi connectivity index (χ1n) is 7.72. The molecule has 0 radical (unpaired) electrons. The standard InChI is InChI=1S/C17H24BrNO2/c1-3-5-13-8-10-17(11-9-13,16(20)21-2)19-15-7-4-6-14(18)12-15/h4,6-7,12-13,19H,3,5,8-11H2,1-2H3. The van der Waals surface area contributed by atoms with Crippen molar-refractivity contribution in [1.29, 1.82) is 0 Å². The molecular formula is C17H24BrNO2. The number of nitrogens with one attached hydrogen (secondary N) is 1. The summed E-state index contributed by atoms with van der Waals surface area (Å²) >= 11 is 3.47. The van der Waals surface area contributed by atoms with Crippen LogP contribution in [0.15, 0.2) is 28.7 Å². The predicted molar refractivity (Wildman–Crippen MR) is 89.4 cm³/mol.